The Morgan fingerprint density at radius 2 is 2.00 bits per heavy atom. The molecule has 110 valence electrons. The van der Waals surface area contributed by atoms with E-state index in [4.69, 9.17) is 0 Å². The number of carbonyl (C=O) groups is 2. The van der Waals surface area contributed by atoms with E-state index in [2.05, 4.69) is 10.6 Å². The minimum atomic E-state index is -1.12. The first-order valence-corrected chi connectivity index (χ1v) is 6.04. The van der Waals surface area contributed by atoms with Crippen LogP contribution in [0, 0.1) is 17.6 Å². The Morgan fingerprint density at radius 3 is 2.60 bits per heavy atom. The average Bonchev–Trinajstić information content (AvgIpc) is 2.42. The number of amides is 3. The Bertz CT molecular complexity index is 508. The van der Waals surface area contributed by atoms with Crippen LogP contribution in [0.15, 0.2) is 18.2 Å². The first-order chi connectivity index (χ1) is 9.36. The van der Waals surface area contributed by atoms with Crippen molar-refractivity contribution in [2.75, 3.05) is 26.0 Å². The molecule has 1 atom stereocenters. The highest BCUT2D eigenvalue weighted by molar-refractivity contribution is 5.89. The van der Waals surface area contributed by atoms with E-state index in [1.165, 1.54) is 31.1 Å². The summed E-state index contributed by atoms with van der Waals surface area (Å²) >= 11 is 0. The summed E-state index contributed by atoms with van der Waals surface area (Å²) in [4.78, 5) is 24.4. The van der Waals surface area contributed by atoms with E-state index < -0.39 is 23.6 Å². The van der Waals surface area contributed by atoms with E-state index in [0.717, 1.165) is 6.07 Å². The SMILES string of the molecule is CNC(=O)[C@@H](C)CN(C)C(=O)Nc1cccc(F)c1F. The summed E-state index contributed by atoms with van der Waals surface area (Å²) in [6.07, 6.45) is 0. The number of urea groups is 1. The molecule has 0 unspecified atom stereocenters. The minimum Gasteiger partial charge on any atom is -0.359 e. The summed E-state index contributed by atoms with van der Waals surface area (Å²) in [5.74, 6) is -2.77. The number of hydrogen-bond acceptors (Lipinski definition) is 2. The van der Waals surface area contributed by atoms with Gasteiger partial charge in [0.2, 0.25) is 5.91 Å². The fourth-order valence-electron chi connectivity index (χ4n) is 1.63. The van der Waals surface area contributed by atoms with Gasteiger partial charge in [-0.15, -0.1) is 0 Å². The number of carbonyl (C=O) groups excluding carboxylic acids is 2. The highest BCUT2D eigenvalue weighted by Crippen LogP contribution is 2.17. The zero-order valence-electron chi connectivity index (χ0n) is 11.5. The smallest absolute Gasteiger partial charge is 0.321 e. The molecule has 0 aliphatic heterocycles. The standard InChI is InChI=1S/C13H17F2N3O2/c1-8(12(19)16-2)7-18(3)13(20)17-10-6-4-5-9(14)11(10)15/h4-6,8H,7H2,1-3H3,(H,16,19)(H,17,20)/t8-/m0/s1. The van der Waals surface area contributed by atoms with E-state index in [1.807, 2.05) is 0 Å². The van der Waals surface area contributed by atoms with Crippen LogP contribution in [0.5, 0.6) is 0 Å². The largest absolute Gasteiger partial charge is 0.359 e. The van der Waals surface area contributed by atoms with Crippen LogP contribution in [-0.4, -0.2) is 37.5 Å². The Labute approximate surface area is 115 Å². The van der Waals surface area contributed by atoms with Crippen molar-refractivity contribution in [1.29, 1.82) is 0 Å². The second kappa shape index (κ2) is 6.83. The maximum atomic E-state index is 13.4. The third kappa shape index (κ3) is 3.91. The van der Waals surface area contributed by atoms with Gasteiger partial charge in [0.05, 0.1) is 11.6 Å². The van der Waals surface area contributed by atoms with Gasteiger partial charge in [0, 0.05) is 20.6 Å². The molecular weight excluding hydrogens is 268 g/mol. The van der Waals surface area contributed by atoms with Gasteiger partial charge in [0.1, 0.15) is 0 Å². The third-order valence-electron chi connectivity index (χ3n) is 2.78. The maximum absolute atomic E-state index is 13.4. The van der Waals surface area contributed by atoms with Crippen LogP contribution in [0.3, 0.4) is 0 Å². The minimum absolute atomic E-state index is 0.155. The van der Waals surface area contributed by atoms with Crippen LogP contribution in [0.25, 0.3) is 0 Å². The van der Waals surface area contributed by atoms with Crippen LogP contribution in [0.4, 0.5) is 19.3 Å². The predicted octanol–water partition coefficient (Wildman–Crippen LogP) is 1.81. The molecule has 0 aliphatic carbocycles. The molecule has 0 saturated heterocycles. The number of nitrogens with one attached hydrogen (secondary N) is 2. The molecule has 5 nitrogen and oxygen atoms in total. The lowest BCUT2D eigenvalue weighted by Gasteiger charge is -2.21. The fraction of sp³-hybridized carbons (Fsp3) is 0.385. The Kier molecular flexibility index (Phi) is 5.42. The van der Waals surface area contributed by atoms with Crippen molar-refractivity contribution in [2.45, 2.75) is 6.92 Å². The third-order valence-corrected chi connectivity index (χ3v) is 2.78. The van der Waals surface area contributed by atoms with Crippen molar-refractivity contribution in [3.63, 3.8) is 0 Å². The van der Waals surface area contributed by atoms with E-state index in [-0.39, 0.29) is 18.1 Å². The number of benzene rings is 1. The number of rotatable bonds is 4. The van der Waals surface area contributed by atoms with Gasteiger partial charge in [0.15, 0.2) is 11.6 Å². The Morgan fingerprint density at radius 1 is 1.35 bits per heavy atom. The molecule has 1 aromatic rings. The lowest BCUT2D eigenvalue weighted by Crippen LogP contribution is -2.39. The van der Waals surface area contributed by atoms with Gasteiger partial charge >= 0.3 is 6.03 Å². The fourth-order valence-corrected chi connectivity index (χ4v) is 1.63. The summed E-state index contributed by atoms with van der Waals surface area (Å²) in [5, 5.41) is 4.72. The van der Waals surface area contributed by atoms with E-state index in [0.29, 0.717) is 0 Å². The van der Waals surface area contributed by atoms with Crippen molar-refractivity contribution in [1.82, 2.24) is 10.2 Å². The van der Waals surface area contributed by atoms with Crippen molar-refractivity contribution >= 4 is 17.6 Å². The first kappa shape index (κ1) is 15.9. The monoisotopic (exact) mass is 285 g/mol. The zero-order chi connectivity index (χ0) is 15.3. The highest BCUT2D eigenvalue weighted by atomic mass is 19.2. The van der Waals surface area contributed by atoms with Gasteiger partial charge in [-0.2, -0.15) is 0 Å². The molecule has 0 heterocycles. The molecular formula is C13H17F2N3O2. The Hall–Kier alpha value is -2.18. The zero-order valence-corrected chi connectivity index (χ0v) is 11.5. The summed E-state index contributed by atoms with van der Waals surface area (Å²) in [6.45, 7) is 1.81. The number of anilines is 1. The van der Waals surface area contributed by atoms with Crippen LogP contribution >= 0.6 is 0 Å². The van der Waals surface area contributed by atoms with Crippen LogP contribution in [0.1, 0.15) is 6.92 Å². The topological polar surface area (TPSA) is 61.4 Å². The van der Waals surface area contributed by atoms with Gasteiger partial charge in [-0.3, -0.25) is 4.79 Å². The molecule has 0 aromatic heterocycles. The molecule has 3 amide bonds. The van der Waals surface area contributed by atoms with Crippen molar-refractivity contribution < 1.29 is 18.4 Å². The number of hydrogen-bond donors (Lipinski definition) is 2. The molecule has 0 radical (unpaired) electrons. The lowest BCUT2D eigenvalue weighted by molar-refractivity contribution is -0.124. The van der Waals surface area contributed by atoms with Gasteiger partial charge in [-0.25, -0.2) is 13.6 Å². The molecule has 1 rings (SSSR count). The molecule has 7 heteroatoms. The van der Waals surface area contributed by atoms with Crippen LogP contribution in [-0.2, 0) is 4.79 Å². The van der Waals surface area contributed by atoms with E-state index in [9.17, 15) is 18.4 Å². The van der Waals surface area contributed by atoms with E-state index in [1.54, 1.807) is 6.92 Å². The lowest BCUT2D eigenvalue weighted by atomic mass is 10.1. The first-order valence-electron chi connectivity index (χ1n) is 6.04. The predicted molar refractivity (Wildman–Crippen MR) is 71.2 cm³/mol. The molecule has 0 bridgehead atoms. The van der Waals surface area contributed by atoms with Crippen molar-refractivity contribution in [3.8, 4) is 0 Å². The number of nitrogens with zero attached hydrogens (tertiary/aromatic N) is 1. The van der Waals surface area contributed by atoms with Crippen molar-refractivity contribution in [2.24, 2.45) is 5.92 Å². The maximum Gasteiger partial charge on any atom is 0.321 e. The van der Waals surface area contributed by atoms with Gasteiger partial charge in [0.25, 0.3) is 0 Å². The van der Waals surface area contributed by atoms with Gasteiger partial charge < -0.3 is 15.5 Å². The van der Waals surface area contributed by atoms with Gasteiger partial charge in [-0.05, 0) is 12.1 Å². The second-order valence-corrected chi connectivity index (χ2v) is 4.43. The molecule has 0 spiro atoms. The summed E-state index contributed by atoms with van der Waals surface area (Å²) in [6, 6.07) is 2.89. The second-order valence-electron chi connectivity index (χ2n) is 4.43. The molecule has 1 aromatic carbocycles. The average molecular weight is 285 g/mol. The molecule has 0 aliphatic rings. The normalized spacial score (nSPS) is 11.7. The molecule has 0 saturated carbocycles. The highest BCUT2D eigenvalue weighted by Gasteiger charge is 2.18. The summed E-state index contributed by atoms with van der Waals surface area (Å²) < 4.78 is 26.4. The Balaban J connectivity index is 2.66. The summed E-state index contributed by atoms with van der Waals surface area (Å²) in [5.41, 5.74) is -0.241. The quantitative estimate of drug-likeness (QED) is 0.886. The molecule has 0 fully saturated rings. The molecule has 2 N–H and O–H groups in total. The number of halogens is 2. The molecule has 20 heavy (non-hydrogen) atoms. The van der Waals surface area contributed by atoms with E-state index >= 15 is 0 Å². The van der Waals surface area contributed by atoms with Gasteiger partial charge in [-0.1, -0.05) is 13.0 Å². The van der Waals surface area contributed by atoms with Crippen LogP contribution < -0.4 is 10.6 Å². The van der Waals surface area contributed by atoms with Crippen LogP contribution in [0.2, 0.25) is 0 Å². The van der Waals surface area contributed by atoms with Crippen molar-refractivity contribution in [3.05, 3.63) is 29.8 Å². The summed E-state index contributed by atoms with van der Waals surface area (Å²) in [7, 11) is 2.97.